The van der Waals surface area contributed by atoms with Gasteiger partial charge >= 0.3 is 0 Å². The molecule has 2 atom stereocenters. The maximum absolute atomic E-state index is 12.1. The lowest BCUT2D eigenvalue weighted by Gasteiger charge is -2.22. The molecule has 0 saturated carbocycles. The van der Waals surface area contributed by atoms with Crippen LogP contribution in [-0.4, -0.2) is 47.3 Å². The normalized spacial score (nSPS) is 18.3. The number of carbonyl (C=O) groups excluding carboxylic acids is 2. The molecule has 24 heavy (non-hydrogen) atoms. The Bertz CT molecular complexity index is 528. The first-order chi connectivity index (χ1) is 11.1. The summed E-state index contributed by atoms with van der Waals surface area (Å²) in [6.07, 6.45) is 5.22. The molecule has 1 saturated heterocycles. The zero-order valence-corrected chi connectivity index (χ0v) is 15.2. The molecule has 0 bridgehead atoms. The summed E-state index contributed by atoms with van der Waals surface area (Å²) in [5.74, 6) is -0.276. The molecule has 0 aromatic carbocycles. The van der Waals surface area contributed by atoms with Gasteiger partial charge in [-0.05, 0) is 38.8 Å². The lowest BCUT2D eigenvalue weighted by molar-refractivity contribution is -0.121. The standard InChI is InChI=1S/C16H27N5O2.ClH/c1-3-12(2)19-15(22)6-9-18-16(23)14-7-10-21(20-14)13-5-4-8-17-11-13;/h7,10,12-13,17H,3-6,8-9,11H2,1-2H3,(H,18,23)(H,19,22);1H. The van der Waals surface area contributed by atoms with Crippen LogP contribution < -0.4 is 16.0 Å². The van der Waals surface area contributed by atoms with Gasteiger partial charge in [0.05, 0.1) is 6.04 Å². The zero-order chi connectivity index (χ0) is 16.7. The highest BCUT2D eigenvalue weighted by Crippen LogP contribution is 2.15. The fraction of sp³-hybridized carbons (Fsp3) is 0.688. The van der Waals surface area contributed by atoms with E-state index in [2.05, 4.69) is 21.0 Å². The van der Waals surface area contributed by atoms with Crippen LogP contribution in [0.1, 0.15) is 56.1 Å². The van der Waals surface area contributed by atoms with E-state index in [0.29, 0.717) is 18.3 Å². The topological polar surface area (TPSA) is 88.0 Å². The average Bonchev–Trinajstić information content (AvgIpc) is 3.05. The van der Waals surface area contributed by atoms with Gasteiger partial charge in [0.25, 0.3) is 5.91 Å². The molecule has 0 spiro atoms. The van der Waals surface area contributed by atoms with Crippen LogP contribution >= 0.6 is 12.4 Å². The van der Waals surface area contributed by atoms with Crippen LogP contribution in [0.15, 0.2) is 12.3 Å². The van der Waals surface area contributed by atoms with Crippen LogP contribution in [0, 0.1) is 0 Å². The summed E-state index contributed by atoms with van der Waals surface area (Å²) in [5, 5.41) is 13.3. The lowest BCUT2D eigenvalue weighted by atomic mass is 10.1. The molecule has 0 radical (unpaired) electrons. The molecule has 8 heteroatoms. The van der Waals surface area contributed by atoms with Crippen molar-refractivity contribution >= 4 is 24.2 Å². The number of hydrogen-bond acceptors (Lipinski definition) is 4. The molecular formula is C16H28ClN5O2. The maximum Gasteiger partial charge on any atom is 0.271 e. The summed E-state index contributed by atoms with van der Waals surface area (Å²) in [6, 6.07) is 2.20. The Morgan fingerprint density at radius 3 is 2.96 bits per heavy atom. The molecule has 1 aromatic heterocycles. The van der Waals surface area contributed by atoms with E-state index in [1.807, 2.05) is 24.7 Å². The van der Waals surface area contributed by atoms with E-state index in [1.165, 1.54) is 0 Å². The van der Waals surface area contributed by atoms with Crippen LogP contribution in [-0.2, 0) is 4.79 Å². The van der Waals surface area contributed by atoms with Gasteiger partial charge in [-0.15, -0.1) is 12.4 Å². The summed E-state index contributed by atoms with van der Waals surface area (Å²) in [7, 11) is 0. The van der Waals surface area contributed by atoms with Crippen molar-refractivity contribution in [1.29, 1.82) is 0 Å². The Morgan fingerprint density at radius 1 is 1.50 bits per heavy atom. The molecule has 1 aromatic rings. The van der Waals surface area contributed by atoms with Gasteiger partial charge in [-0.1, -0.05) is 6.92 Å². The van der Waals surface area contributed by atoms with E-state index < -0.39 is 0 Å². The maximum atomic E-state index is 12.1. The minimum Gasteiger partial charge on any atom is -0.354 e. The Kier molecular flexibility index (Phi) is 8.78. The Balaban J connectivity index is 0.00000288. The highest BCUT2D eigenvalue weighted by Gasteiger charge is 2.17. The number of halogens is 1. The number of nitrogens with one attached hydrogen (secondary N) is 3. The largest absolute Gasteiger partial charge is 0.354 e. The predicted molar refractivity (Wildman–Crippen MR) is 95.5 cm³/mol. The summed E-state index contributed by atoms with van der Waals surface area (Å²) >= 11 is 0. The number of hydrogen-bond donors (Lipinski definition) is 3. The van der Waals surface area contributed by atoms with Gasteiger partial charge in [0.2, 0.25) is 5.91 Å². The van der Waals surface area contributed by atoms with Crippen molar-refractivity contribution in [2.24, 2.45) is 0 Å². The van der Waals surface area contributed by atoms with Crippen molar-refractivity contribution in [2.45, 2.75) is 51.6 Å². The second kappa shape index (κ2) is 10.3. The van der Waals surface area contributed by atoms with Gasteiger partial charge in [0.1, 0.15) is 5.69 Å². The van der Waals surface area contributed by atoms with E-state index in [4.69, 9.17) is 0 Å². The molecule has 2 rings (SSSR count). The Labute approximate surface area is 149 Å². The number of carbonyl (C=O) groups is 2. The van der Waals surface area contributed by atoms with Gasteiger partial charge in [-0.3, -0.25) is 14.3 Å². The molecule has 0 aliphatic carbocycles. The number of nitrogens with zero attached hydrogens (tertiary/aromatic N) is 2. The molecule has 1 fully saturated rings. The van der Waals surface area contributed by atoms with Crippen LogP contribution in [0.5, 0.6) is 0 Å². The molecule has 2 unspecified atom stereocenters. The van der Waals surface area contributed by atoms with Gasteiger partial charge in [-0.2, -0.15) is 5.10 Å². The van der Waals surface area contributed by atoms with E-state index in [9.17, 15) is 9.59 Å². The SMILES string of the molecule is CCC(C)NC(=O)CCNC(=O)c1ccn(C2CCCNC2)n1.Cl. The highest BCUT2D eigenvalue weighted by molar-refractivity contribution is 5.92. The molecule has 136 valence electrons. The third-order valence-electron chi connectivity index (χ3n) is 4.14. The molecular weight excluding hydrogens is 330 g/mol. The first kappa shape index (κ1) is 20.4. The third kappa shape index (κ3) is 6.13. The van der Waals surface area contributed by atoms with E-state index in [-0.39, 0.29) is 36.7 Å². The molecule has 7 nitrogen and oxygen atoms in total. The predicted octanol–water partition coefficient (Wildman–Crippen LogP) is 1.26. The van der Waals surface area contributed by atoms with Crippen LogP contribution in [0.25, 0.3) is 0 Å². The van der Waals surface area contributed by atoms with Crippen molar-refractivity contribution in [3.8, 4) is 0 Å². The summed E-state index contributed by atoms with van der Waals surface area (Å²) in [4.78, 5) is 23.7. The molecule has 3 N–H and O–H groups in total. The second-order valence-electron chi connectivity index (χ2n) is 6.06. The van der Waals surface area contributed by atoms with E-state index in [0.717, 1.165) is 32.4 Å². The van der Waals surface area contributed by atoms with Crippen molar-refractivity contribution in [3.05, 3.63) is 18.0 Å². The number of rotatable bonds is 7. The number of amides is 2. The average molecular weight is 358 g/mol. The highest BCUT2D eigenvalue weighted by atomic mass is 35.5. The minimum atomic E-state index is -0.233. The van der Waals surface area contributed by atoms with E-state index >= 15 is 0 Å². The molecule has 2 heterocycles. The summed E-state index contributed by atoms with van der Waals surface area (Å²) < 4.78 is 1.86. The molecule has 1 aliphatic rings. The molecule has 2 amide bonds. The van der Waals surface area contributed by atoms with Gasteiger partial charge in [-0.25, -0.2) is 0 Å². The third-order valence-corrected chi connectivity index (χ3v) is 4.14. The van der Waals surface area contributed by atoms with Gasteiger partial charge in [0.15, 0.2) is 0 Å². The smallest absolute Gasteiger partial charge is 0.271 e. The quantitative estimate of drug-likeness (QED) is 0.685. The van der Waals surface area contributed by atoms with Crippen LogP contribution in [0.2, 0.25) is 0 Å². The van der Waals surface area contributed by atoms with Crippen LogP contribution in [0.4, 0.5) is 0 Å². The van der Waals surface area contributed by atoms with Gasteiger partial charge in [0, 0.05) is 31.7 Å². The second-order valence-corrected chi connectivity index (χ2v) is 6.06. The number of piperidine rings is 1. The van der Waals surface area contributed by atoms with Crippen molar-refractivity contribution in [1.82, 2.24) is 25.7 Å². The fourth-order valence-electron chi connectivity index (χ4n) is 2.55. The monoisotopic (exact) mass is 357 g/mol. The summed E-state index contributed by atoms with van der Waals surface area (Å²) in [6.45, 7) is 6.23. The van der Waals surface area contributed by atoms with Crippen molar-refractivity contribution in [3.63, 3.8) is 0 Å². The number of aromatic nitrogens is 2. The Hall–Kier alpha value is -1.60. The zero-order valence-electron chi connectivity index (χ0n) is 14.4. The summed E-state index contributed by atoms with van der Waals surface area (Å²) in [5.41, 5.74) is 0.401. The lowest BCUT2D eigenvalue weighted by Crippen LogP contribution is -2.35. The molecule has 1 aliphatic heterocycles. The van der Waals surface area contributed by atoms with E-state index in [1.54, 1.807) is 6.07 Å². The van der Waals surface area contributed by atoms with Crippen molar-refractivity contribution < 1.29 is 9.59 Å². The minimum absolute atomic E-state index is 0. The first-order valence-corrected chi connectivity index (χ1v) is 8.43. The van der Waals surface area contributed by atoms with Gasteiger partial charge < -0.3 is 16.0 Å². The fourth-order valence-corrected chi connectivity index (χ4v) is 2.55. The Morgan fingerprint density at radius 2 is 2.29 bits per heavy atom. The first-order valence-electron chi connectivity index (χ1n) is 8.43. The van der Waals surface area contributed by atoms with Crippen molar-refractivity contribution in [2.75, 3.05) is 19.6 Å². The van der Waals surface area contributed by atoms with Crippen LogP contribution in [0.3, 0.4) is 0 Å².